The van der Waals surface area contributed by atoms with Gasteiger partial charge in [0, 0.05) is 18.9 Å². The number of piperidine rings is 1. The van der Waals surface area contributed by atoms with Crippen LogP contribution in [0.3, 0.4) is 0 Å². The normalized spacial score (nSPS) is 25.6. The standard InChI is InChI=1S/C22H24N2O4/c1-22-13-17(16-5-3-4-6-18(16)28-22)19(20(23)25)21(26)24(22)12-11-14-7-9-15(27-2)10-8-14/h3-10,17,19H,11-13H2,1-2H3,(H2,23,25)/t17-,19+,22+/m0/s1. The molecule has 0 unspecified atom stereocenters. The van der Waals surface area contributed by atoms with Crippen LogP contribution in [0.15, 0.2) is 48.5 Å². The van der Waals surface area contributed by atoms with Gasteiger partial charge >= 0.3 is 0 Å². The fraction of sp³-hybridized carbons (Fsp3) is 0.364. The van der Waals surface area contributed by atoms with Gasteiger partial charge in [-0.05, 0) is 42.7 Å². The topological polar surface area (TPSA) is 81.9 Å². The SMILES string of the molecule is COc1ccc(CCN2C(=O)[C@@H](C(N)=O)[C@H]3C[C@@]2(C)Oc2ccccc23)cc1. The number of nitrogens with zero attached hydrogens (tertiary/aromatic N) is 1. The highest BCUT2D eigenvalue weighted by molar-refractivity contribution is 6.01. The van der Waals surface area contributed by atoms with Crippen molar-refractivity contribution in [2.45, 2.75) is 31.4 Å². The number of hydrogen-bond acceptors (Lipinski definition) is 4. The Morgan fingerprint density at radius 3 is 2.64 bits per heavy atom. The summed E-state index contributed by atoms with van der Waals surface area (Å²) in [6.45, 7) is 2.36. The number of methoxy groups -OCH3 is 1. The van der Waals surface area contributed by atoms with Crippen LogP contribution in [0.25, 0.3) is 0 Å². The van der Waals surface area contributed by atoms with Crippen LogP contribution in [0.2, 0.25) is 0 Å². The van der Waals surface area contributed by atoms with E-state index in [0.717, 1.165) is 22.6 Å². The number of primary amides is 1. The van der Waals surface area contributed by atoms with Gasteiger partial charge in [0.05, 0.1) is 7.11 Å². The first-order valence-electron chi connectivity index (χ1n) is 9.44. The van der Waals surface area contributed by atoms with Crippen molar-refractivity contribution < 1.29 is 19.1 Å². The van der Waals surface area contributed by atoms with Crippen LogP contribution in [0.5, 0.6) is 11.5 Å². The molecule has 4 rings (SSSR count). The smallest absolute Gasteiger partial charge is 0.238 e. The van der Waals surface area contributed by atoms with Gasteiger partial charge in [-0.2, -0.15) is 0 Å². The average molecular weight is 380 g/mol. The molecule has 2 aliphatic heterocycles. The monoisotopic (exact) mass is 380 g/mol. The van der Waals surface area contributed by atoms with Crippen molar-refractivity contribution in [1.82, 2.24) is 4.90 Å². The van der Waals surface area contributed by atoms with Gasteiger partial charge in [0.15, 0.2) is 5.72 Å². The van der Waals surface area contributed by atoms with Crippen LogP contribution in [0.4, 0.5) is 0 Å². The first-order valence-corrected chi connectivity index (χ1v) is 9.44. The highest BCUT2D eigenvalue weighted by Gasteiger charge is 2.55. The van der Waals surface area contributed by atoms with Crippen molar-refractivity contribution in [2.24, 2.45) is 11.7 Å². The lowest BCUT2D eigenvalue weighted by Gasteiger charge is -2.52. The second-order valence-electron chi connectivity index (χ2n) is 7.59. The number of likely N-dealkylation sites (tertiary alicyclic amines) is 1. The second kappa shape index (κ2) is 6.86. The van der Waals surface area contributed by atoms with Gasteiger partial charge < -0.3 is 20.1 Å². The van der Waals surface area contributed by atoms with Crippen LogP contribution < -0.4 is 15.2 Å². The van der Waals surface area contributed by atoms with Crippen molar-refractivity contribution in [1.29, 1.82) is 0 Å². The fourth-order valence-electron chi connectivity index (χ4n) is 4.41. The first-order chi connectivity index (χ1) is 13.4. The summed E-state index contributed by atoms with van der Waals surface area (Å²) >= 11 is 0. The van der Waals surface area contributed by atoms with Gasteiger partial charge in [-0.15, -0.1) is 0 Å². The number of hydrogen-bond donors (Lipinski definition) is 1. The Labute approximate surface area is 164 Å². The third kappa shape index (κ3) is 2.99. The summed E-state index contributed by atoms with van der Waals surface area (Å²) in [5.74, 6) is -0.452. The van der Waals surface area contributed by atoms with Crippen LogP contribution >= 0.6 is 0 Å². The molecule has 3 atom stereocenters. The minimum atomic E-state index is -0.867. The molecule has 2 aromatic rings. The van der Waals surface area contributed by atoms with Gasteiger partial charge in [-0.1, -0.05) is 30.3 Å². The zero-order valence-corrected chi connectivity index (χ0v) is 16.1. The zero-order valence-electron chi connectivity index (χ0n) is 16.1. The van der Waals surface area contributed by atoms with Gasteiger partial charge in [0.25, 0.3) is 0 Å². The van der Waals surface area contributed by atoms with Crippen LogP contribution in [-0.2, 0) is 16.0 Å². The van der Waals surface area contributed by atoms with E-state index in [1.807, 2.05) is 55.5 Å². The van der Waals surface area contributed by atoms with Crippen molar-refractivity contribution in [3.63, 3.8) is 0 Å². The quantitative estimate of drug-likeness (QED) is 0.808. The predicted octanol–water partition coefficient (Wildman–Crippen LogP) is 2.46. The summed E-state index contributed by atoms with van der Waals surface area (Å²) in [5.41, 5.74) is 6.81. The molecule has 2 N–H and O–H groups in total. The molecule has 6 heteroatoms. The number of nitrogens with two attached hydrogens (primary N) is 1. The maximum atomic E-state index is 13.2. The number of rotatable bonds is 5. The number of para-hydroxylation sites is 1. The molecule has 2 aliphatic rings. The summed E-state index contributed by atoms with van der Waals surface area (Å²) in [4.78, 5) is 27.1. The molecule has 2 aromatic carbocycles. The Hall–Kier alpha value is -3.02. The molecule has 0 spiro atoms. The molecule has 1 saturated heterocycles. The van der Waals surface area contributed by atoms with E-state index in [-0.39, 0.29) is 11.8 Å². The Morgan fingerprint density at radius 2 is 1.96 bits per heavy atom. The Kier molecular flexibility index (Phi) is 4.49. The van der Waals surface area contributed by atoms with Crippen molar-refractivity contribution >= 4 is 11.8 Å². The van der Waals surface area contributed by atoms with E-state index >= 15 is 0 Å². The summed E-state index contributed by atoms with van der Waals surface area (Å²) in [5, 5.41) is 0. The number of amides is 2. The van der Waals surface area contributed by atoms with Crippen LogP contribution in [0, 0.1) is 5.92 Å². The van der Waals surface area contributed by atoms with E-state index < -0.39 is 17.6 Å². The molecular formula is C22H24N2O4. The van der Waals surface area contributed by atoms with E-state index in [1.165, 1.54) is 0 Å². The van der Waals surface area contributed by atoms with Crippen molar-refractivity contribution in [3.05, 3.63) is 59.7 Å². The van der Waals surface area contributed by atoms with E-state index in [4.69, 9.17) is 15.2 Å². The van der Waals surface area contributed by atoms with Gasteiger partial charge in [0.1, 0.15) is 17.4 Å². The summed E-state index contributed by atoms with van der Waals surface area (Å²) in [6, 6.07) is 15.3. The third-order valence-electron chi connectivity index (χ3n) is 5.84. The number of carbonyl (C=O) groups excluding carboxylic acids is 2. The Morgan fingerprint density at radius 1 is 1.25 bits per heavy atom. The number of fused-ring (bicyclic) bond motifs is 4. The molecule has 6 nitrogen and oxygen atoms in total. The van der Waals surface area contributed by atoms with Crippen molar-refractivity contribution in [3.8, 4) is 11.5 Å². The molecule has 0 aliphatic carbocycles. The van der Waals surface area contributed by atoms with Gasteiger partial charge in [-0.3, -0.25) is 9.59 Å². The lowest BCUT2D eigenvalue weighted by atomic mass is 9.73. The second-order valence-corrected chi connectivity index (χ2v) is 7.59. The lowest BCUT2D eigenvalue weighted by Crippen LogP contribution is -2.64. The molecular weight excluding hydrogens is 356 g/mol. The van der Waals surface area contributed by atoms with E-state index in [1.54, 1.807) is 12.0 Å². The Bertz CT molecular complexity index is 911. The minimum absolute atomic E-state index is 0.253. The van der Waals surface area contributed by atoms with Gasteiger partial charge in [-0.25, -0.2) is 0 Å². The summed E-state index contributed by atoms with van der Waals surface area (Å²) in [7, 11) is 1.63. The number of ether oxygens (including phenoxy) is 2. The van der Waals surface area contributed by atoms with Crippen LogP contribution in [0.1, 0.15) is 30.4 Å². The molecule has 146 valence electrons. The third-order valence-corrected chi connectivity index (χ3v) is 5.84. The van der Waals surface area contributed by atoms with Gasteiger partial charge in [0.2, 0.25) is 11.8 Å². The molecule has 0 radical (unpaired) electrons. The molecule has 0 aromatic heterocycles. The molecule has 2 bridgehead atoms. The molecule has 28 heavy (non-hydrogen) atoms. The largest absolute Gasteiger partial charge is 0.497 e. The fourth-order valence-corrected chi connectivity index (χ4v) is 4.41. The summed E-state index contributed by atoms with van der Waals surface area (Å²) < 4.78 is 11.4. The highest BCUT2D eigenvalue weighted by Crippen LogP contribution is 2.49. The van der Waals surface area contributed by atoms with Crippen LogP contribution in [-0.4, -0.2) is 36.1 Å². The maximum absolute atomic E-state index is 13.2. The molecule has 0 saturated carbocycles. The number of carbonyl (C=O) groups is 2. The van der Waals surface area contributed by atoms with Crippen molar-refractivity contribution in [2.75, 3.05) is 13.7 Å². The van der Waals surface area contributed by atoms with E-state index in [2.05, 4.69) is 0 Å². The lowest BCUT2D eigenvalue weighted by molar-refractivity contribution is -0.175. The Balaban J connectivity index is 1.63. The minimum Gasteiger partial charge on any atom is -0.497 e. The number of benzene rings is 2. The van der Waals surface area contributed by atoms with E-state index in [9.17, 15) is 9.59 Å². The predicted molar refractivity (Wildman–Crippen MR) is 104 cm³/mol. The average Bonchev–Trinajstić information content (AvgIpc) is 2.67. The maximum Gasteiger partial charge on any atom is 0.238 e. The first kappa shape index (κ1) is 18.3. The highest BCUT2D eigenvalue weighted by atomic mass is 16.5. The zero-order chi connectivity index (χ0) is 19.9. The summed E-state index contributed by atoms with van der Waals surface area (Å²) in [6.07, 6.45) is 1.19. The molecule has 2 amide bonds. The molecule has 1 fully saturated rings. The van der Waals surface area contributed by atoms with E-state index in [0.29, 0.717) is 19.4 Å². The molecule has 2 heterocycles.